The number of morpholine rings is 1. The van der Waals surface area contributed by atoms with Crippen LogP contribution in [-0.4, -0.2) is 45.9 Å². The first-order valence-corrected chi connectivity index (χ1v) is 11.5. The molecular weight excluding hydrogens is 421 g/mol. The molecule has 0 radical (unpaired) electrons. The zero-order chi connectivity index (χ0) is 20.2. The van der Waals surface area contributed by atoms with E-state index in [1.807, 2.05) is 24.3 Å². The van der Waals surface area contributed by atoms with Gasteiger partial charge in [0, 0.05) is 26.1 Å². The highest BCUT2D eigenvalue weighted by atomic mass is 35.5. The van der Waals surface area contributed by atoms with Crippen LogP contribution in [0.25, 0.3) is 0 Å². The topological polar surface area (TPSA) is 55.8 Å². The molecule has 0 spiro atoms. The van der Waals surface area contributed by atoms with E-state index in [0.717, 1.165) is 24.9 Å². The second kappa shape index (κ2) is 9.11. The highest BCUT2D eigenvalue weighted by Crippen LogP contribution is 2.37. The van der Waals surface area contributed by atoms with Crippen molar-refractivity contribution >= 4 is 33.3 Å². The Hall–Kier alpha value is -1.15. The summed E-state index contributed by atoms with van der Waals surface area (Å²) in [5, 5.41) is 0.899. The van der Waals surface area contributed by atoms with Crippen LogP contribution < -0.4 is 0 Å². The molecule has 1 unspecified atom stereocenters. The van der Waals surface area contributed by atoms with Gasteiger partial charge in [-0.1, -0.05) is 59.6 Å². The average molecular weight is 444 g/mol. The highest BCUT2D eigenvalue weighted by molar-refractivity contribution is 7.85. The van der Waals surface area contributed by atoms with Crippen molar-refractivity contribution < 1.29 is 17.3 Å². The quantitative estimate of drug-likeness (QED) is 0.603. The summed E-state index contributed by atoms with van der Waals surface area (Å²) in [5.41, 5.74) is 1.34. The van der Waals surface area contributed by atoms with Gasteiger partial charge in [-0.15, -0.1) is 0 Å². The predicted molar refractivity (Wildman–Crippen MR) is 111 cm³/mol. The molecule has 0 aliphatic carbocycles. The van der Waals surface area contributed by atoms with Crippen molar-refractivity contribution in [2.75, 3.05) is 32.6 Å². The van der Waals surface area contributed by atoms with Crippen molar-refractivity contribution in [3.63, 3.8) is 0 Å². The van der Waals surface area contributed by atoms with Gasteiger partial charge in [0.2, 0.25) is 0 Å². The van der Waals surface area contributed by atoms with E-state index < -0.39 is 15.7 Å². The van der Waals surface area contributed by atoms with Crippen molar-refractivity contribution in [3.8, 4) is 0 Å². The van der Waals surface area contributed by atoms with E-state index in [1.165, 1.54) is 5.56 Å². The number of hydrogen-bond acceptors (Lipinski definition) is 5. The lowest BCUT2D eigenvalue weighted by Gasteiger charge is -2.43. The van der Waals surface area contributed by atoms with E-state index in [-0.39, 0.29) is 6.61 Å². The van der Waals surface area contributed by atoms with Gasteiger partial charge in [-0.05, 0) is 23.3 Å². The van der Waals surface area contributed by atoms with Crippen molar-refractivity contribution in [1.29, 1.82) is 0 Å². The Morgan fingerprint density at radius 1 is 1.14 bits per heavy atom. The number of rotatable bonds is 7. The summed E-state index contributed by atoms with van der Waals surface area (Å²) in [6.45, 7) is 2.70. The zero-order valence-corrected chi connectivity index (χ0v) is 17.9. The van der Waals surface area contributed by atoms with Crippen LogP contribution in [0.5, 0.6) is 0 Å². The second-order valence-electron chi connectivity index (χ2n) is 6.94. The largest absolute Gasteiger partial charge is 0.368 e. The summed E-state index contributed by atoms with van der Waals surface area (Å²) in [6.07, 6.45) is 1.42. The first kappa shape index (κ1) is 21.6. The molecule has 8 heteroatoms. The van der Waals surface area contributed by atoms with Gasteiger partial charge in [-0.2, -0.15) is 8.42 Å². The molecule has 2 aromatic carbocycles. The number of benzene rings is 2. The van der Waals surface area contributed by atoms with Gasteiger partial charge >= 0.3 is 0 Å². The average Bonchev–Trinajstić information content (AvgIpc) is 2.64. The van der Waals surface area contributed by atoms with Crippen molar-refractivity contribution in [1.82, 2.24) is 4.90 Å². The van der Waals surface area contributed by atoms with E-state index in [1.54, 1.807) is 12.1 Å². The third kappa shape index (κ3) is 5.69. The Labute approximate surface area is 176 Å². The van der Waals surface area contributed by atoms with Crippen LogP contribution in [0, 0.1) is 0 Å². The Morgan fingerprint density at radius 2 is 1.89 bits per heavy atom. The number of nitrogens with zero attached hydrogens (tertiary/aromatic N) is 1. The van der Waals surface area contributed by atoms with Crippen LogP contribution >= 0.6 is 23.2 Å². The molecule has 28 heavy (non-hydrogen) atoms. The molecule has 1 aliphatic rings. The summed E-state index contributed by atoms with van der Waals surface area (Å²) in [6, 6.07) is 15.6. The number of halogens is 2. The summed E-state index contributed by atoms with van der Waals surface area (Å²) in [7, 11) is -3.53. The minimum Gasteiger partial charge on any atom is -0.368 e. The van der Waals surface area contributed by atoms with Crippen LogP contribution in [0.4, 0.5) is 0 Å². The van der Waals surface area contributed by atoms with Gasteiger partial charge < -0.3 is 4.74 Å². The van der Waals surface area contributed by atoms with Crippen LogP contribution in [0.1, 0.15) is 17.5 Å². The fraction of sp³-hybridized carbons (Fsp3) is 0.400. The molecule has 1 aliphatic heterocycles. The lowest BCUT2D eigenvalue weighted by Crippen LogP contribution is -2.50. The molecule has 152 valence electrons. The molecule has 0 bridgehead atoms. The Morgan fingerprint density at radius 3 is 2.57 bits per heavy atom. The van der Waals surface area contributed by atoms with Gasteiger partial charge in [0.15, 0.2) is 0 Å². The highest BCUT2D eigenvalue weighted by Gasteiger charge is 2.39. The van der Waals surface area contributed by atoms with Gasteiger partial charge in [0.25, 0.3) is 10.1 Å². The van der Waals surface area contributed by atoms with Crippen molar-refractivity contribution in [3.05, 3.63) is 69.7 Å². The van der Waals surface area contributed by atoms with E-state index in [0.29, 0.717) is 29.6 Å². The Bertz CT molecular complexity index is 908. The molecule has 1 saturated heterocycles. The predicted octanol–water partition coefficient (Wildman–Crippen LogP) is 4.09. The minimum atomic E-state index is -3.53. The summed E-state index contributed by atoms with van der Waals surface area (Å²) < 4.78 is 34.0. The van der Waals surface area contributed by atoms with E-state index in [9.17, 15) is 8.42 Å². The van der Waals surface area contributed by atoms with Crippen molar-refractivity contribution in [2.24, 2.45) is 0 Å². The third-order valence-electron chi connectivity index (χ3n) is 4.76. The van der Waals surface area contributed by atoms with Crippen molar-refractivity contribution in [2.45, 2.75) is 18.6 Å². The first-order chi connectivity index (χ1) is 13.3. The second-order valence-corrected chi connectivity index (χ2v) is 9.40. The Kier molecular flexibility index (Phi) is 7.02. The maximum Gasteiger partial charge on any atom is 0.264 e. The molecule has 0 saturated carbocycles. The van der Waals surface area contributed by atoms with Crippen LogP contribution in [0.2, 0.25) is 10.0 Å². The lowest BCUT2D eigenvalue weighted by atomic mass is 9.88. The molecule has 0 amide bonds. The summed E-state index contributed by atoms with van der Waals surface area (Å²) in [4.78, 5) is 2.29. The van der Waals surface area contributed by atoms with Gasteiger partial charge in [-0.3, -0.25) is 9.08 Å². The zero-order valence-electron chi connectivity index (χ0n) is 15.6. The van der Waals surface area contributed by atoms with E-state index >= 15 is 0 Å². The molecule has 1 heterocycles. The first-order valence-electron chi connectivity index (χ1n) is 8.98. The molecule has 2 aromatic rings. The summed E-state index contributed by atoms with van der Waals surface area (Å²) >= 11 is 12.3. The molecule has 5 nitrogen and oxygen atoms in total. The monoisotopic (exact) mass is 443 g/mol. The number of hydrogen-bond donors (Lipinski definition) is 0. The molecule has 1 fully saturated rings. The molecule has 3 rings (SSSR count). The molecule has 1 atom stereocenters. The van der Waals surface area contributed by atoms with E-state index in [2.05, 4.69) is 17.0 Å². The fourth-order valence-electron chi connectivity index (χ4n) is 3.44. The van der Waals surface area contributed by atoms with Crippen LogP contribution in [-0.2, 0) is 31.2 Å². The molecule has 0 aromatic heterocycles. The minimum absolute atomic E-state index is 0.0260. The number of ether oxygens (including phenoxy) is 1. The van der Waals surface area contributed by atoms with Gasteiger partial charge in [-0.25, -0.2) is 0 Å². The van der Waals surface area contributed by atoms with Crippen LogP contribution in [0.3, 0.4) is 0 Å². The SMILES string of the molecule is CS(=O)(=O)OCCC1(c2ccc(Cl)c(Cl)c2)CN(Cc2ccccc2)CCO1. The standard InChI is InChI=1S/C20H23Cl2NO4S/c1-28(24,25)27-11-9-20(17-7-8-18(21)19(22)13-17)15-23(10-12-26-20)14-16-5-3-2-4-6-16/h2-8,13H,9-12,14-15H2,1H3. The van der Waals surface area contributed by atoms with E-state index in [4.69, 9.17) is 32.1 Å². The smallest absolute Gasteiger partial charge is 0.264 e. The van der Waals surface area contributed by atoms with Gasteiger partial charge in [0.05, 0.1) is 29.5 Å². The normalized spacial score (nSPS) is 21.0. The Balaban J connectivity index is 1.85. The van der Waals surface area contributed by atoms with Gasteiger partial charge in [0.1, 0.15) is 5.60 Å². The maximum atomic E-state index is 11.4. The summed E-state index contributed by atoms with van der Waals surface area (Å²) in [5.74, 6) is 0. The molecule has 0 N–H and O–H groups in total. The maximum absolute atomic E-state index is 11.4. The lowest BCUT2D eigenvalue weighted by molar-refractivity contribution is -0.125. The van der Waals surface area contributed by atoms with Crippen LogP contribution in [0.15, 0.2) is 48.5 Å². The molecular formula is C20H23Cl2NO4S. The fourth-order valence-corrected chi connectivity index (χ4v) is 4.12. The third-order valence-corrected chi connectivity index (χ3v) is 6.10.